The van der Waals surface area contributed by atoms with Crippen molar-refractivity contribution < 1.29 is 14.3 Å². The van der Waals surface area contributed by atoms with Crippen LogP contribution in [-0.4, -0.2) is 34.4 Å². The zero-order valence-corrected chi connectivity index (χ0v) is 11.2. The number of hydrogen-bond acceptors (Lipinski definition) is 3. The molecule has 0 N–H and O–H groups in total. The molecule has 0 spiro atoms. The number of amides is 2. The van der Waals surface area contributed by atoms with E-state index in [9.17, 15) is 9.59 Å². The fraction of sp³-hybridized carbons (Fsp3) is 0.385. The molecule has 0 bridgehead atoms. The minimum atomic E-state index is -0.270. The van der Waals surface area contributed by atoms with Gasteiger partial charge in [0.15, 0.2) is 0 Å². The number of fused-ring (bicyclic) bond motifs is 1. The first kappa shape index (κ1) is 11.9. The molecule has 0 saturated carbocycles. The van der Waals surface area contributed by atoms with E-state index in [0.717, 1.165) is 12.8 Å². The van der Waals surface area contributed by atoms with Gasteiger partial charge in [0.05, 0.1) is 17.2 Å². The lowest BCUT2D eigenvalue weighted by Crippen LogP contribution is -2.47. The second-order valence-corrected chi connectivity index (χ2v) is 5.36. The van der Waals surface area contributed by atoms with E-state index in [4.69, 9.17) is 4.74 Å². The normalized spacial score (nSPS) is 27.5. The van der Waals surface area contributed by atoms with Crippen LogP contribution in [0.25, 0.3) is 0 Å². The van der Waals surface area contributed by atoms with Gasteiger partial charge in [-0.05, 0) is 25.0 Å². The van der Waals surface area contributed by atoms with Gasteiger partial charge >= 0.3 is 0 Å². The molecule has 2 amide bonds. The van der Waals surface area contributed by atoms with Gasteiger partial charge in [0.1, 0.15) is 5.01 Å². The van der Waals surface area contributed by atoms with Gasteiger partial charge in [-0.25, -0.2) is 0 Å². The quantitative estimate of drug-likeness (QED) is 0.590. The summed E-state index contributed by atoms with van der Waals surface area (Å²) >= 11 is 3.40. The van der Waals surface area contributed by atoms with Gasteiger partial charge in [0.2, 0.25) is 0 Å². The summed E-state index contributed by atoms with van der Waals surface area (Å²) in [6.45, 7) is 0.662. The van der Waals surface area contributed by atoms with Crippen molar-refractivity contribution in [3.63, 3.8) is 0 Å². The monoisotopic (exact) mass is 309 g/mol. The molecular formula is C13H12BrNO3. The number of carbonyl (C=O) groups excluding carboxylic acids is 2. The maximum absolute atomic E-state index is 12.3. The molecule has 2 aliphatic rings. The van der Waals surface area contributed by atoms with E-state index in [1.54, 1.807) is 24.3 Å². The molecule has 0 radical (unpaired) electrons. The van der Waals surface area contributed by atoms with E-state index in [0.29, 0.717) is 17.7 Å². The van der Waals surface area contributed by atoms with Crippen LogP contribution in [0.5, 0.6) is 0 Å². The predicted molar refractivity (Wildman–Crippen MR) is 68.6 cm³/mol. The third kappa shape index (κ3) is 1.69. The molecule has 2 heterocycles. The SMILES string of the molecule is O=C1c2ccccc2C(=O)N1C1CCCOC1Br. The lowest BCUT2D eigenvalue weighted by molar-refractivity contribution is 0.00769. The number of hydrogen-bond donors (Lipinski definition) is 0. The Morgan fingerprint density at radius 2 is 1.78 bits per heavy atom. The molecule has 94 valence electrons. The molecule has 1 aromatic rings. The molecule has 18 heavy (non-hydrogen) atoms. The first-order valence-electron chi connectivity index (χ1n) is 5.93. The van der Waals surface area contributed by atoms with Crippen molar-refractivity contribution in [2.45, 2.75) is 23.9 Å². The molecule has 0 aromatic heterocycles. The van der Waals surface area contributed by atoms with Crippen molar-refractivity contribution in [1.82, 2.24) is 4.90 Å². The number of ether oxygens (including phenoxy) is 1. The minimum absolute atomic E-state index is 0.212. The molecule has 5 heteroatoms. The standard InChI is InChI=1S/C13H12BrNO3/c14-11-10(6-3-7-18-11)15-12(16)8-4-1-2-5-9(8)13(15)17/h1-2,4-5,10-11H,3,6-7H2. The molecule has 2 unspecified atom stereocenters. The zero-order chi connectivity index (χ0) is 12.7. The first-order chi connectivity index (χ1) is 8.70. The number of rotatable bonds is 1. The van der Waals surface area contributed by atoms with E-state index < -0.39 is 0 Å². The zero-order valence-electron chi connectivity index (χ0n) is 9.64. The molecule has 1 aromatic carbocycles. The summed E-state index contributed by atoms with van der Waals surface area (Å²) in [4.78, 5) is 25.9. The Balaban J connectivity index is 1.96. The molecule has 1 fully saturated rings. The average Bonchev–Trinajstić information content (AvgIpc) is 2.64. The summed E-state index contributed by atoms with van der Waals surface area (Å²) in [7, 11) is 0. The van der Waals surface area contributed by atoms with Gasteiger partial charge in [-0.1, -0.05) is 28.1 Å². The molecule has 0 aliphatic carbocycles. The topological polar surface area (TPSA) is 46.6 Å². The summed E-state index contributed by atoms with van der Waals surface area (Å²) in [6, 6.07) is 6.73. The van der Waals surface area contributed by atoms with Crippen LogP contribution >= 0.6 is 15.9 Å². The number of halogens is 1. The highest BCUT2D eigenvalue weighted by atomic mass is 79.9. The van der Waals surface area contributed by atoms with Gasteiger partial charge in [-0.2, -0.15) is 0 Å². The van der Waals surface area contributed by atoms with Crippen LogP contribution in [0.3, 0.4) is 0 Å². The van der Waals surface area contributed by atoms with Crippen molar-refractivity contribution in [3.8, 4) is 0 Å². The maximum atomic E-state index is 12.3. The molecule has 2 aliphatic heterocycles. The van der Waals surface area contributed by atoms with Crippen LogP contribution < -0.4 is 0 Å². The molecular weight excluding hydrogens is 298 g/mol. The van der Waals surface area contributed by atoms with Gasteiger partial charge in [-0.15, -0.1) is 0 Å². The fourth-order valence-corrected chi connectivity index (χ4v) is 3.17. The lowest BCUT2D eigenvalue weighted by atomic mass is 10.1. The van der Waals surface area contributed by atoms with Gasteiger partial charge in [0, 0.05) is 6.61 Å². The summed E-state index contributed by atoms with van der Waals surface area (Å²) in [5.74, 6) is -0.425. The fourth-order valence-electron chi connectivity index (χ4n) is 2.49. The predicted octanol–water partition coefficient (Wildman–Crippen LogP) is 2.18. The smallest absolute Gasteiger partial charge is 0.261 e. The molecule has 1 saturated heterocycles. The summed E-state index contributed by atoms with van der Waals surface area (Å²) in [6.07, 6.45) is 1.64. The van der Waals surface area contributed by atoms with Crippen LogP contribution in [0.2, 0.25) is 0 Å². The van der Waals surface area contributed by atoms with Crippen molar-refractivity contribution in [1.29, 1.82) is 0 Å². The lowest BCUT2D eigenvalue weighted by Gasteiger charge is -2.33. The van der Waals surface area contributed by atoms with E-state index in [1.807, 2.05) is 0 Å². The molecule has 3 rings (SSSR count). The van der Waals surface area contributed by atoms with Crippen LogP contribution in [0.15, 0.2) is 24.3 Å². The average molecular weight is 310 g/mol. The van der Waals surface area contributed by atoms with Gasteiger partial charge < -0.3 is 4.74 Å². The largest absolute Gasteiger partial charge is 0.365 e. The number of alkyl halides is 1. The van der Waals surface area contributed by atoms with Gasteiger partial charge in [0.25, 0.3) is 11.8 Å². The summed E-state index contributed by atoms with van der Waals surface area (Å²) in [5, 5.41) is -0.270. The van der Waals surface area contributed by atoms with Crippen LogP contribution in [-0.2, 0) is 4.74 Å². The Kier molecular flexibility index (Phi) is 2.95. The highest BCUT2D eigenvalue weighted by Crippen LogP contribution is 2.31. The van der Waals surface area contributed by atoms with Crippen molar-refractivity contribution in [2.75, 3.05) is 6.61 Å². The van der Waals surface area contributed by atoms with Crippen LogP contribution in [0.4, 0.5) is 0 Å². The van der Waals surface area contributed by atoms with E-state index in [1.165, 1.54) is 4.90 Å². The molecule has 4 nitrogen and oxygen atoms in total. The third-order valence-electron chi connectivity index (χ3n) is 3.38. The highest BCUT2D eigenvalue weighted by Gasteiger charge is 2.43. The second-order valence-electron chi connectivity index (χ2n) is 4.46. The Morgan fingerprint density at radius 3 is 2.33 bits per heavy atom. The third-order valence-corrected chi connectivity index (χ3v) is 4.26. The van der Waals surface area contributed by atoms with Crippen LogP contribution in [0, 0.1) is 0 Å². The van der Waals surface area contributed by atoms with Gasteiger partial charge in [-0.3, -0.25) is 14.5 Å². The summed E-state index contributed by atoms with van der Waals surface area (Å²) < 4.78 is 5.47. The van der Waals surface area contributed by atoms with E-state index in [2.05, 4.69) is 15.9 Å². The van der Waals surface area contributed by atoms with Crippen molar-refractivity contribution >= 4 is 27.7 Å². The number of imide groups is 1. The number of benzene rings is 1. The minimum Gasteiger partial charge on any atom is -0.365 e. The molecule has 2 atom stereocenters. The van der Waals surface area contributed by atoms with Crippen molar-refractivity contribution in [3.05, 3.63) is 35.4 Å². The van der Waals surface area contributed by atoms with Crippen LogP contribution in [0.1, 0.15) is 33.6 Å². The number of carbonyl (C=O) groups is 2. The Morgan fingerprint density at radius 1 is 1.17 bits per heavy atom. The van der Waals surface area contributed by atoms with E-state index >= 15 is 0 Å². The summed E-state index contributed by atoms with van der Waals surface area (Å²) in [5.41, 5.74) is 0.987. The number of nitrogens with zero attached hydrogens (tertiary/aromatic N) is 1. The first-order valence-corrected chi connectivity index (χ1v) is 6.84. The maximum Gasteiger partial charge on any atom is 0.261 e. The Labute approximate surface area is 113 Å². The Bertz CT molecular complexity index is 482. The highest BCUT2D eigenvalue weighted by molar-refractivity contribution is 9.09. The second kappa shape index (κ2) is 4.48. The van der Waals surface area contributed by atoms with E-state index in [-0.39, 0.29) is 22.9 Å². The Hall–Kier alpha value is -1.20. The van der Waals surface area contributed by atoms with Crippen molar-refractivity contribution in [2.24, 2.45) is 0 Å².